The van der Waals surface area contributed by atoms with Crippen LogP contribution < -0.4 is 0 Å². The van der Waals surface area contributed by atoms with Gasteiger partial charge >= 0.3 is 0 Å². The van der Waals surface area contributed by atoms with Crippen molar-refractivity contribution in [2.24, 2.45) is 17.8 Å². The maximum atomic E-state index is 12.7. The lowest BCUT2D eigenvalue weighted by Crippen LogP contribution is -2.43. The monoisotopic (exact) mass is 146 g/mol. The Morgan fingerprint density at radius 3 is 2.40 bits per heavy atom. The Hall–Kier alpha value is -0.140. The maximum Gasteiger partial charge on any atom is 0.251 e. The van der Waals surface area contributed by atoms with Gasteiger partial charge in [0, 0.05) is 12.3 Å². The van der Waals surface area contributed by atoms with Gasteiger partial charge in [-0.05, 0) is 24.7 Å². The van der Waals surface area contributed by atoms with Gasteiger partial charge in [-0.2, -0.15) is 0 Å². The summed E-state index contributed by atoms with van der Waals surface area (Å²) in [5.41, 5.74) is 0. The van der Waals surface area contributed by atoms with Gasteiger partial charge in [0.2, 0.25) is 0 Å². The minimum absolute atomic E-state index is 0.169. The first-order valence-electron chi connectivity index (χ1n) is 3.97. The van der Waals surface area contributed by atoms with Crippen LogP contribution in [0.3, 0.4) is 0 Å². The molecule has 2 aliphatic rings. The SMILES string of the molecule is CC1CC2CC(F)(F)C2C1. The van der Waals surface area contributed by atoms with Crippen molar-refractivity contribution in [2.75, 3.05) is 0 Å². The molecule has 2 saturated carbocycles. The molecule has 0 saturated heterocycles. The largest absolute Gasteiger partial charge is 0.251 e. The van der Waals surface area contributed by atoms with Crippen LogP contribution in [0.4, 0.5) is 8.78 Å². The fourth-order valence-electron chi connectivity index (χ4n) is 2.49. The van der Waals surface area contributed by atoms with Crippen molar-refractivity contribution in [3.05, 3.63) is 0 Å². The van der Waals surface area contributed by atoms with Crippen LogP contribution in [-0.4, -0.2) is 5.92 Å². The molecule has 2 heteroatoms. The quantitative estimate of drug-likeness (QED) is 0.493. The smallest absolute Gasteiger partial charge is 0.207 e. The van der Waals surface area contributed by atoms with E-state index in [9.17, 15) is 8.78 Å². The van der Waals surface area contributed by atoms with Gasteiger partial charge in [0.05, 0.1) is 0 Å². The van der Waals surface area contributed by atoms with Crippen molar-refractivity contribution in [3.63, 3.8) is 0 Å². The lowest BCUT2D eigenvalue weighted by molar-refractivity contribution is -0.160. The van der Waals surface area contributed by atoms with Crippen LogP contribution in [-0.2, 0) is 0 Å². The van der Waals surface area contributed by atoms with Gasteiger partial charge < -0.3 is 0 Å². The van der Waals surface area contributed by atoms with E-state index in [1.54, 1.807) is 0 Å². The Morgan fingerprint density at radius 1 is 1.30 bits per heavy atom. The zero-order valence-corrected chi connectivity index (χ0v) is 6.11. The van der Waals surface area contributed by atoms with Gasteiger partial charge in [-0.3, -0.25) is 0 Å². The summed E-state index contributed by atoms with van der Waals surface area (Å²) in [4.78, 5) is 0. The van der Waals surface area contributed by atoms with Crippen molar-refractivity contribution < 1.29 is 8.78 Å². The van der Waals surface area contributed by atoms with Gasteiger partial charge in [-0.15, -0.1) is 0 Å². The van der Waals surface area contributed by atoms with E-state index in [2.05, 4.69) is 6.92 Å². The highest BCUT2D eigenvalue weighted by Gasteiger charge is 2.58. The predicted molar refractivity (Wildman–Crippen MR) is 34.9 cm³/mol. The lowest BCUT2D eigenvalue weighted by atomic mass is 9.72. The molecule has 0 bridgehead atoms. The standard InChI is InChI=1S/C8H12F2/c1-5-2-6-4-8(9,10)7(6)3-5/h5-7H,2-4H2,1H3. The zero-order chi connectivity index (χ0) is 7.35. The van der Waals surface area contributed by atoms with E-state index in [1.807, 2.05) is 0 Å². The number of hydrogen-bond donors (Lipinski definition) is 0. The average molecular weight is 146 g/mol. The minimum Gasteiger partial charge on any atom is -0.207 e. The topological polar surface area (TPSA) is 0 Å². The first-order chi connectivity index (χ1) is 4.59. The minimum atomic E-state index is -2.30. The summed E-state index contributed by atoms with van der Waals surface area (Å²) in [6, 6.07) is 0. The van der Waals surface area contributed by atoms with Crippen molar-refractivity contribution >= 4 is 0 Å². The molecule has 2 fully saturated rings. The van der Waals surface area contributed by atoms with Crippen molar-refractivity contribution in [3.8, 4) is 0 Å². The highest BCUT2D eigenvalue weighted by molar-refractivity contribution is 5.00. The number of halogens is 2. The zero-order valence-electron chi connectivity index (χ0n) is 6.11. The summed E-state index contributed by atoms with van der Waals surface area (Å²) in [6.45, 7) is 2.08. The average Bonchev–Trinajstić information content (AvgIpc) is 2.08. The summed E-state index contributed by atoms with van der Waals surface area (Å²) < 4.78 is 25.3. The van der Waals surface area contributed by atoms with Crippen LogP contribution in [0, 0.1) is 17.8 Å². The summed E-state index contributed by atoms with van der Waals surface area (Å²) in [5, 5.41) is 0. The Bertz CT molecular complexity index is 153. The molecule has 10 heavy (non-hydrogen) atoms. The number of rotatable bonds is 0. The maximum absolute atomic E-state index is 12.7. The van der Waals surface area contributed by atoms with Gasteiger partial charge in [-0.1, -0.05) is 6.92 Å². The van der Waals surface area contributed by atoms with Gasteiger partial charge in [0.1, 0.15) is 0 Å². The Kier molecular flexibility index (Phi) is 1.13. The second kappa shape index (κ2) is 1.72. The van der Waals surface area contributed by atoms with E-state index >= 15 is 0 Å². The molecule has 0 aromatic carbocycles. The third-order valence-corrected chi connectivity index (χ3v) is 3.01. The van der Waals surface area contributed by atoms with Crippen molar-refractivity contribution in [1.82, 2.24) is 0 Å². The number of hydrogen-bond acceptors (Lipinski definition) is 0. The van der Waals surface area contributed by atoms with E-state index in [0.29, 0.717) is 11.8 Å². The fourth-order valence-corrected chi connectivity index (χ4v) is 2.49. The summed E-state index contributed by atoms with van der Waals surface area (Å²) in [5.74, 6) is -1.63. The van der Waals surface area contributed by atoms with E-state index in [-0.39, 0.29) is 12.3 Å². The molecule has 0 aliphatic heterocycles. The second-order valence-electron chi connectivity index (χ2n) is 3.91. The van der Waals surface area contributed by atoms with Crippen LogP contribution in [0.25, 0.3) is 0 Å². The molecule has 58 valence electrons. The summed E-state index contributed by atoms with van der Waals surface area (Å²) >= 11 is 0. The third-order valence-electron chi connectivity index (χ3n) is 3.01. The molecule has 2 rings (SSSR count). The van der Waals surface area contributed by atoms with Crippen molar-refractivity contribution in [2.45, 2.75) is 32.1 Å². The summed E-state index contributed by atoms with van der Waals surface area (Å²) in [6.07, 6.45) is 1.97. The van der Waals surface area contributed by atoms with E-state index in [1.165, 1.54) is 0 Å². The fraction of sp³-hybridized carbons (Fsp3) is 1.00. The number of alkyl halides is 2. The van der Waals surface area contributed by atoms with E-state index in [4.69, 9.17) is 0 Å². The van der Waals surface area contributed by atoms with Gasteiger partial charge in [0.15, 0.2) is 0 Å². The normalized spacial score (nSPS) is 50.1. The number of fused-ring (bicyclic) bond motifs is 1. The Labute approximate surface area is 59.6 Å². The van der Waals surface area contributed by atoms with E-state index < -0.39 is 5.92 Å². The molecule has 3 atom stereocenters. The molecule has 0 N–H and O–H groups in total. The lowest BCUT2D eigenvalue weighted by Gasteiger charge is -2.39. The third kappa shape index (κ3) is 0.708. The second-order valence-corrected chi connectivity index (χ2v) is 3.91. The molecule has 0 heterocycles. The Morgan fingerprint density at radius 2 is 2.00 bits per heavy atom. The molecule has 0 spiro atoms. The van der Waals surface area contributed by atoms with Crippen LogP contribution >= 0.6 is 0 Å². The van der Waals surface area contributed by atoms with Gasteiger partial charge in [0.25, 0.3) is 5.92 Å². The first kappa shape index (κ1) is 6.56. The molecular formula is C8H12F2. The molecule has 3 unspecified atom stereocenters. The van der Waals surface area contributed by atoms with Crippen LogP contribution in [0.15, 0.2) is 0 Å². The molecule has 2 aliphatic carbocycles. The van der Waals surface area contributed by atoms with Crippen LogP contribution in [0.1, 0.15) is 26.2 Å². The Balaban J connectivity index is 2.06. The van der Waals surface area contributed by atoms with E-state index in [0.717, 1.165) is 12.8 Å². The molecule has 0 aromatic heterocycles. The predicted octanol–water partition coefficient (Wildman–Crippen LogP) is 2.69. The molecule has 0 amide bonds. The van der Waals surface area contributed by atoms with Crippen LogP contribution in [0.5, 0.6) is 0 Å². The molecule has 0 aromatic rings. The molecular weight excluding hydrogens is 134 g/mol. The highest BCUT2D eigenvalue weighted by Crippen LogP contribution is 2.58. The van der Waals surface area contributed by atoms with Gasteiger partial charge in [-0.25, -0.2) is 8.78 Å². The highest BCUT2D eigenvalue weighted by atomic mass is 19.3. The molecule has 0 nitrogen and oxygen atoms in total. The summed E-state index contributed by atoms with van der Waals surface area (Å²) in [7, 11) is 0. The van der Waals surface area contributed by atoms with Crippen LogP contribution in [0.2, 0.25) is 0 Å². The first-order valence-corrected chi connectivity index (χ1v) is 3.97. The van der Waals surface area contributed by atoms with Crippen molar-refractivity contribution in [1.29, 1.82) is 0 Å². The molecule has 0 radical (unpaired) electrons.